The van der Waals surface area contributed by atoms with Crippen LogP contribution in [0.1, 0.15) is 25.5 Å². The predicted octanol–water partition coefficient (Wildman–Crippen LogP) is 3.36. The van der Waals surface area contributed by atoms with Crippen LogP contribution in [0.25, 0.3) is 0 Å². The normalized spacial score (nSPS) is 18.5. The first-order chi connectivity index (χ1) is 13.6. The molecule has 0 amide bonds. The Kier molecular flexibility index (Phi) is 5.55. The molecule has 0 saturated carbocycles. The van der Waals surface area contributed by atoms with Gasteiger partial charge in [-0.2, -0.15) is 4.98 Å². The molecule has 3 heterocycles. The number of anilines is 3. The second kappa shape index (κ2) is 8.25. The van der Waals surface area contributed by atoms with E-state index in [1.165, 1.54) is 18.5 Å². The number of aryl methyl sites for hydroxylation is 1. The smallest absolute Gasteiger partial charge is 0.227 e. The maximum Gasteiger partial charge on any atom is 0.227 e. The maximum absolute atomic E-state index is 5.26. The third-order valence-electron chi connectivity index (χ3n) is 5.94. The highest BCUT2D eigenvalue weighted by Gasteiger charge is 2.22. The third-order valence-corrected chi connectivity index (χ3v) is 5.94. The summed E-state index contributed by atoms with van der Waals surface area (Å²) in [6.45, 7) is 10.5. The predicted molar refractivity (Wildman–Crippen MR) is 115 cm³/mol. The van der Waals surface area contributed by atoms with Crippen molar-refractivity contribution >= 4 is 17.5 Å². The molecule has 0 radical (unpaired) electrons. The summed E-state index contributed by atoms with van der Waals surface area (Å²) in [4.78, 5) is 16.8. The van der Waals surface area contributed by atoms with Crippen molar-refractivity contribution in [3.63, 3.8) is 0 Å². The van der Waals surface area contributed by atoms with E-state index in [1.807, 2.05) is 12.1 Å². The standard InChI is InChI=1S/C22H31N5O/c1-17-8-10-27(11-9-17)22-23-18(2)16-21(24-22)26-14-12-25(13-15-26)19-4-6-20(28-3)7-5-19/h4-7,16-17H,8-15H2,1-3H3. The molecule has 1 aromatic heterocycles. The van der Waals surface area contributed by atoms with Crippen molar-refractivity contribution in [2.75, 3.05) is 61.1 Å². The van der Waals surface area contributed by atoms with Gasteiger partial charge in [0.05, 0.1) is 7.11 Å². The molecule has 0 atom stereocenters. The lowest BCUT2D eigenvalue weighted by Gasteiger charge is -2.37. The van der Waals surface area contributed by atoms with E-state index in [2.05, 4.69) is 46.7 Å². The number of nitrogens with zero attached hydrogens (tertiary/aromatic N) is 5. The Hall–Kier alpha value is -2.50. The molecular formula is C22H31N5O. The van der Waals surface area contributed by atoms with E-state index in [-0.39, 0.29) is 0 Å². The van der Waals surface area contributed by atoms with Gasteiger partial charge in [0.1, 0.15) is 11.6 Å². The molecule has 6 nitrogen and oxygen atoms in total. The quantitative estimate of drug-likeness (QED) is 0.809. The Bertz CT molecular complexity index is 778. The van der Waals surface area contributed by atoms with Gasteiger partial charge < -0.3 is 19.4 Å². The van der Waals surface area contributed by atoms with Crippen molar-refractivity contribution in [1.29, 1.82) is 0 Å². The average molecular weight is 382 g/mol. The van der Waals surface area contributed by atoms with E-state index in [9.17, 15) is 0 Å². The molecule has 2 saturated heterocycles. The van der Waals surface area contributed by atoms with Gasteiger partial charge in [-0.1, -0.05) is 6.92 Å². The summed E-state index contributed by atoms with van der Waals surface area (Å²) >= 11 is 0. The largest absolute Gasteiger partial charge is 0.497 e. The molecule has 0 spiro atoms. The summed E-state index contributed by atoms with van der Waals surface area (Å²) in [5.41, 5.74) is 2.30. The van der Waals surface area contributed by atoms with Gasteiger partial charge in [0.2, 0.25) is 5.95 Å². The summed E-state index contributed by atoms with van der Waals surface area (Å²) < 4.78 is 5.26. The Morgan fingerprint density at radius 2 is 1.50 bits per heavy atom. The van der Waals surface area contributed by atoms with Crippen LogP contribution in [-0.2, 0) is 0 Å². The Morgan fingerprint density at radius 3 is 2.14 bits per heavy atom. The molecule has 0 N–H and O–H groups in total. The second-order valence-corrected chi connectivity index (χ2v) is 8.01. The molecule has 0 unspecified atom stereocenters. The summed E-state index contributed by atoms with van der Waals surface area (Å²) in [7, 11) is 1.70. The fourth-order valence-electron chi connectivity index (χ4n) is 4.04. The third kappa shape index (κ3) is 4.16. The number of ether oxygens (including phenoxy) is 1. The van der Waals surface area contributed by atoms with Gasteiger partial charge >= 0.3 is 0 Å². The summed E-state index contributed by atoms with van der Waals surface area (Å²) in [5, 5.41) is 0. The van der Waals surface area contributed by atoms with Crippen molar-refractivity contribution in [2.24, 2.45) is 5.92 Å². The number of piperidine rings is 1. The lowest BCUT2D eigenvalue weighted by Crippen LogP contribution is -2.47. The molecule has 0 bridgehead atoms. The lowest BCUT2D eigenvalue weighted by molar-refractivity contribution is 0.415. The minimum atomic E-state index is 0.812. The average Bonchev–Trinajstić information content (AvgIpc) is 2.74. The van der Waals surface area contributed by atoms with Gasteiger partial charge in [0.25, 0.3) is 0 Å². The minimum absolute atomic E-state index is 0.812. The molecule has 2 aliphatic rings. The van der Waals surface area contributed by atoms with E-state index in [1.54, 1.807) is 7.11 Å². The molecule has 150 valence electrons. The van der Waals surface area contributed by atoms with Crippen LogP contribution < -0.4 is 19.4 Å². The SMILES string of the molecule is COc1ccc(N2CCN(c3cc(C)nc(N4CCC(C)CC4)n3)CC2)cc1. The van der Waals surface area contributed by atoms with Crippen LogP contribution in [0, 0.1) is 12.8 Å². The highest BCUT2D eigenvalue weighted by atomic mass is 16.5. The van der Waals surface area contributed by atoms with Gasteiger partial charge in [-0.15, -0.1) is 0 Å². The van der Waals surface area contributed by atoms with Crippen LogP contribution >= 0.6 is 0 Å². The maximum atomic E-state index is 5.26. The molecular weight excluding hydrogens is 350 g/mol. The summed E-state index contributed by atoms with van der Waals surface area (Å²) in [6.07, 6.45) is 2.46. The summed E-state index contributed by atoms with van der Waals surface area (Å²) in [5.74, 6) is 3.68. The number of rotatable bonds is 4. The molecule has 6 heteroatoms. The van der Waals surface area contributed by atoms with Crippen LogP contribution in [0.3, 0.4) is 0 Å². The Labute approximate surface area is 168 Å². The van der Waals surface area contributed by atoms with Crippen molar-refractivity contribution < 1.29 is 4.74 Å². The highest BCUT2D eigenvalue weighted by molar-refractivity contribution is 5.52. The molecule has 1 aromatic carbocycles. The lowest BCUT2D eigenvalue weighted by atomic mass is 10.00. The van der Waals surface area contributed by atoms with E-state index in [0.29, 0.717) is 0 Å². The van der Waals surface area contributed by atoms with Crippen molar-refractivity contribution in [3.8, 4) is 5.75 Å². The van der Waals surface area contributed by atoms with Gasteiger partial charge in [-0.25, -0.2) is 4.98 Å². The molecule has 28 heavy (non-hydrogen) atoms. The van der Waals surface area contributed by atoms with Crippen molar-refractivity contribution in [2.45, 2.75) is 26.7 Å². The number of methoxy groups -OCH3 is 1. The molecule has 2 aliphatic heterocycles. The summed E-state index contributed by atoms with van der Waals surface area (Å²) in [6, 6.07) is 10.5. The van der Waals surface area contributed by atoms with Gasteiger partial charge in [-0.3, -0.25) is 0 Å². The topological polar surface area (TPSA) is 44.7 Å². The molecule has 0 aliphatic carbocycles. The zero-order valence-corrected chi connectivity index (χ0v) is 17.3. The van der Waals surface area contributed by atoms with Crippen LogP contribution in [-0.4, -0.2) is 56.3 Å². The first kappa shape index (κ1) is 18.8. The van der Waals surface area contributed by atoms with Gasteiger partial charge in [-0.05, 0) is 49.9 Å². The van der Waals surface area contributed by atoms with Crippen LogP contribution in [0.15, 0.2) is 30.3 Å². The van der Waals surface area contributed by atoms with E-state index >= 15 is 0 Å². The Morgan fingerprint density at radius 1 is 0.857 bits per heavy atom. The monoisotopic (exact) mass is 381 g/mol. The molecule has 2 aromatic rings. The number of hydrogen-bond donors (Lipinski definition) is 0. The minimum Gasteiger partial charge on any atom is -0.497 e. The first-order valence-electron chi connectivity index (χ1n) is 10.4. The molecule has 2 fully saturated rings. The van der Waals surface area contributed by atoms with Crippen LogP contribution in [0.5, 0.6) is 5.75 Å². The first-order valence-corrected chi connectivity index (χ1v) is 10.4. The van der Waals surface area contributed by atoms with E-state index in [0.717, 1.165) is 68.4 Å². The van der Waals surface area contributed by atoms with E-state index in [4.69, 9.17) is 14.7 Å². The Balaban J connectivity index is 1.42. The van der Waals surface area contributed by atoms with Gasteiger partial charge in [0.15, 0.2) is 0 Å². The fourth-order valence-corrected chi connectivity index (χ4v) is 4.04. The number of aromatic nitrogens is 2. The zero-order valence-electron chi connectivity index (χ0n) is 17.3. The second-order valence-electron chi connectivity index (χ2n) is 8.01. The highest BCUT2D eigenvalue weighted by Crippen LogP contribution is 2.25. The van der Waals surface area contributed by atoms with Gasteiger partial charge in [0, 0.05) is 56.7 Å². The van der Waals surface area contributed by atoms with Crippen molar-refractivity contribution in [1.82, 2.24) is 9.97 Å². The zero-order chi connectivity index (χ0) is 19.5. The fraction of sp³-hybridized carbons (Fsp3) is 0.545. The molecule has 4 rings (SSSR count). The van der Waals surface area contributed by atoms with E-state index < -0.39 is 0 Å². The van der Waals surface area contributed by atoms with Crippen molar-refractivity contribution in [3.05, 3.63) is 36.0 Å². The van der Waals surface area contributed by atoms with Crippen LogP contribution in [0.2, 0.25) is 0 Å². The van der Waals surface area contributed by atoms with Crippen LogP contribution in [0.4, 0.5) is 17.5 Å². The number of benzene rings is 1. The number of hydrogen-bond acceptors (Lipinski definition) is 6. The number of piperazine rings is 1.